The lowest BCUT2D eigenvalue weighted by atomic mass is 10.1. The van der Waals surface area contributed by atoms with Crippen molar-refractivity contribution in [3.05, 3.63) is 47.9 Å². The minimum atomic E-state index is -0.710. The molecule has 9 heteroatoms. The maximum Gasteiger partial charge on any atom is 0.241 e. The molecular weight excluding hydrogens is 327 g/mol. The van der Waals surface area contributed by atoms with Gasteiger partial charge in [0.1, 0.15) is 12.1 Å². The van der Waals surface area contributed by atoms with E-state index in [0.717, 1.165) is 12.8 Å². The normalized spacial score (nSPS) is 15.6. The van der Waals surface area contributed by atoms with E-state index in [-0.39, 0.29) is 5.82 Å². The van der Waals surface area contributed by atoms with Gasteiger partial charge in [-0.1, -0.05) is 17.3 Å². The molecule has 8 nitrogen and oxygen atoms in total. The first-order chi connectivity index (χ1) is 12.2. The van der Waals surface area contributed by atoms with Crippen LogP contribution >= 0.6 is 0 Å². The predicted octanol–water partition coefficient (Wildman–Crippen LogP) is 1.69. The molecule has 0 aliphatic heterocycles. The summed E-state index contributed by atoms with van der Waals surface area (Å²) in [6, 6.07) is 6.28. The molecule has 1 aliphatic carbocycles. The van der Waals surface area contributed by atoms with Crippen molar-refractivity contribution in [3.63, 3.8) is 0 Å². The van der Waals surface area contributed by atoms with Gasteiger partial charge in [-0.25, -0.2) is 9.37 Å². The van der Waals surface area contributed by atoms with Crippen LogP contribution in [0, 0.1) is 5.82 Å². The van der Waals surface area contributed by atoms with E-state index in [9.17, 15) is 9.50 Å². The highest BCUT2D eigenvalue weighted by Crippen LogP contribution is 2.30. The van der Waals surface area contributed by atoms with Crippen LogP contribution in [0.2, 0.25) is 0 Å². The fourth-order valence-corrected chi connectivity index (χ4v) is 2.70. The van der Waals surface area contributed by atoms with E-state index < -0.39 is 6.10 Å². The summed E-state index contributed by atoms with van der Waals surface area (Å²) < 4.78 is 18.3. The Hall–Kier alpha value is -2.65. The average Bonchev–Trinajstić information content (AvgIpc) is 3.11. The van der Waals surface area contributed by atoms with Crippen LogP contribution in [0.1, 0.15) is 30.4 Å². The lowest BCUT2D eigenvalue weighted by molar-refractivity contribution is 0.0972. The number of H-pyrrole nitrogens is 1. The van der Waals surface area contributed by atoms with E-state index in [0.29, 0.717) is 42.2 Å². The SMILES string of the molecule is OC(CN(Cc1nc(-c2ncn[nH]2)no1)C1CC1)c1ccc(F)cc1. The van der Waals surface area contributed by atoms with Crippen molar-refractivity contribution >= 4 is 0 Å². The zero-order valence-electron chi connectivity index (χ0n) is 13.3. The number of rotatable bonds is 7. The van der Waals surface area contributed by atoms with Crippen LogP contribution in [0.25, 0.3) is 11.6 Å². The molecule has 25 heavy (non-hydrogen) atoms. The summed E-state index contributed by atoms with van der Waals surface area (Å²) in [7, 11) is 0. The first-order valence-electron chi connectivity index (χ1n) is 8.05. The zero-order valence-corrected chi connectivity index (χ0v) is 13.3. The Balaban J connectivity index is 1.44. The standard InChI is InChI=1S/C16H17FN6O2/c17-11-3-1-10(2-4-11)13(24)7-23(12-5-6-12)8-14-20-16(22-25-14)15-18-9-19-21-15/h1-4,9,12-13,24H,5-8H2,(H,18,19,21). The zero-order chi connectivity index (χ0) is 17.2. The molecule has 1 fully saturated rings. The minimum absolute atomic E-state index is 0.319. The number of aromatic nitrogens is 5. The minimum Gasteiger partial charge on any atom is -0.387 e. The van der Waals surface area contributed by atoms with Gasteiger partial charge < -0.3 is 9.63 Å². The summed E-state index contributed by atoms with van der Waals surface area (Å²) in [4.78, 5) is 10.4. The molecule has 2 heterocycles. The highest BCUT2D eigenvalue weighted by Gasteiger charge is 2.32. The lowest BCUT2D eigenvalue weighted by Crippen LogP contribution is -2.30. The number of nitrogens with zero attached hydrogens (tertiary/aromatic N) is 5. The highest BCUT2D eigenvalue weighted by molar-refractivity contribution is 5.39. The van der Waals surface area contributed by atoms with Crippen LogP contribution in [-0.4, -0.2) is 47.9 Å². The second-order valence-corrected chi connectivity index (χ2v) is 6.07. The Kier molecular flexibility index (Phi) is 4.24. The van der Waals surface area contributed by atoms with E-state index in [1.807, 2.05) is 0 Å². The molecule has 1 atom stereocenters. The van der Waals surface area contributed by atoms with Gasteiger partial charge in [-0.05, 0) is 30.5 Å². The molecule has 3 aromatic rings. The van der Waals surface area contributed by atoms with E-state index in [1.165, 1.54) is 18.5 Å². The van der Waals surface area contributed by atoms with Crippen molar-refractivity contribution in [1.29, 1.82) is 0 Å². The molecule has 4 rings (SSSR count). The quantitative estimate of drug-likeness (QED) is 0.672. The smallest absolute Gasteiger partial charge is 0.241 e. The Bertz CT molecular complexity index is 816. The van der Waals surface area contributed by atoms with Crippen molar-refractivity contribution in [2.45, 2.75) is 31.5 Å². The molecule has 1 saturated carbocycles. The molecule has 1 aromatic carbocycles. The summed E-state index contributed by atoms with van der Waals surface area (Å²) in [5, 5.41) is 20.8. The summed E-state index contributed by atoms with van der Waals surface area (Å²) in [5.74, 6) is 0.923. The van der Waals surface area contributed by atoms with Crippen LogP contribution in [0.3, 0.4) is 0 Å². The number of aliphatic hydroxyl groups excluding tert-OH is 1. The van der Waals surface area contributed by atoms with Gasteiger partial charge in [0.25, 0.3) is 0 Å². The molecule has 0 saturated heterocycles. The van der Waals surface area contributed by atoms with E-state index >= 15 is 0 Å². The molecule has 0 spiro atoms. The van der Waals surface area contributed by atoms with E-state index in [2.05, 4.69) is 30.2 Å². The molecule has 2 aromatic heterocycles. The fourth-order valence-electron chi connectivity index (χ4n) is 2.70. The number of benzene rings is 1. The fraction of sp³-hybridized carbons (Fsp3) is 0.375. The van der Waals surface area contributed by atoms with Gasteiger partial charge in [0, 0.05) is 12.6 Å². The molecule has 130 valence electrons. The van der Waals surface area contributed by atoms with Crippen LogP contribution in [-0.2, 0) is 6.54 Å². The first kappa shape index (κ1) is 15.9. The van der Waals surface area contributed by atoms with Gasteiger partial charge in [-0.2, -0.15) is 10.1 Å². The maximum atomic E-state index is 13.0. The van der Waals surface area contributed by atoms with Crippen molar-refractivity contribution < 1.29 is 14.0 Å². The Labute approximate surface area is 142 Å². The number of aromatic amines is 1. The van der Waals surface area contributed by atoms with Crippen LogP contribution in [0.4, 0.5) is 4.39 Å². The Morgan fingerprint density at radius 1 is 1.32 bits per heavy atom. The maximum absolute atomic E-state index is 13.0. The molecule has 2 N–H and O–H groups in total. The molecule has 1 unspecified atom stereocenters. The Morgan fingerprint density at radius 3 is 2.80 bits per heavy atom. The summed E-state index contributed by atoms with van der Waals surface area (Å²) >= 11 is 0. The number of nitrogens with one attached hydrogen (secondary N) is 1. The number of hydrogen-bond donors (Lipinski definition) is 2. The molecule has 0 radical (unpaired) electrons. The lowest BCUT2D eigenvalue weighted by Gasteiger charge is -2.23. The molecule has 0 bridgehead atoms. The number of aliphatic hydroxyl groups is 1. The van der Waals surface area contributed by atoms with E-state index in [1.54, 1.807) is 12.1 Å². The monoisotopic (exact) mass is 344 g/mol. The molecular formula is C16H17FN6O2. The summed E-state index contributed by atoms with van der Waals surface area (Å²) in [6.45, 7) is 0.848. The van der Waals surface area contributed by atoms with Crippen LogP contribution < -0.4 is 0 Å². The second kappa shape index (κ2) is 6.69. The van der Waals surface area contributed by atoms with Gasteiger partial charge >= 0.3 is 0 Å². The summed E-state index contributed by atoms with van der Waals surface area (Å²) in [6.07, 6.45) is 2.80. The first-order valence-corrected chi connectivity index (χ1v) is 8.05. The highest BCUT2D eigenvalue weighted by atomic mass is 19.1. The third-order valence-electron chi connectivity index (χ3n) is 4.16. The van der Waals surface area contributed by atoms with Gasteiger partial charge in [-0.3, -0.25) is 10.00 Å². The summed E-state index contributed by atoms with van der Waals surface area (Å²) in [5.41, 5.74) is 0.680. The van der Waals surface area contributed by atoms with E-state index in [4.69, 9.17) is 4.52 Å². The largest absolute Gasteiger partial charge is 0.387 e. The third-order valence-corrected chi connectivity index (χ3v) is 4.16. The third kappa shape index (κ3) is 3.72. The Morgan fingerprint density at radius 2 is 2.12 bits per heavy atom. The van der Waals surface area contributed by atoms with Gasteiger partial charge in [0.15, 0.2) is 5.82 Å². The number of halogens is 1. The van der Waals surface area contributed by atoms with Crippen molar-refractivity contribution in [2.24, 2.45) is 0 Å². The van der Waals surface area contributed by atoms with Crippen LogP contribution in [0.15, 0.2) is 35.1 Å². The van der Waals surface area contributed by atoms with Crippen molar-refractivity contribution in [2.75, 3.05) is 6.54 Å². The predicted molar refractivity (Wildman–Crippen MR) is 84.5 cm³/mol. The van der Waals surface area contributed by atoms with Crippen molar-refractivity contribution in [1.82, 2.24) is 30.2 Å². The molecule has 0 amide bonds. The van der Waals surface area contributed by atoms with Crippen molar-refractivity contribution in [3.8, 4) is 11.6 Å². The van der Waals surface area contributed by atoms with Crippen LogP contribution in [0.5, 0.6) is 0 Å². The topological polar surface area (TPSA) is 104 Å². The van der Waals surface area contributed by atoms with Gasteiger partial charge in [0.05, 0.1) is 12.6 Å². The second-order valence-electron chi connectivity index (χ2n) is 6.07. The molecule has 1 aliphatic rings. The van der Waals surface area contributed by atoms with Gasteiger partial charge in [-0.15, -0.1) is 0 Å². The van der Waals surface area contributed by atoms with Gasteiger partial charge in [0.2, 0.25) is 11.7 Å². The average molecular weight is 344 g/mol. The number of hydrogen-bond acceptors (Lipinski definition) is 7.